The molecule has 0 aliphatic heterocycles. The Hall–Kier alpha value is -3.22. The second-order valence-electron chi connectivity index (χ2n) is 6.17. The maximum atomic E-state index is 12.2. The van der Waals surface area contributed by atoms with E-state index < -0.39 is 0 Å². The molecular formula is C20H23N3O4. The molecular weight excluding hydrogens is 346 g/mol. The van der Waals surface area contributed by atoms with Crippen LogP contribution in [0.15, 0.2) is 53.1 Å². The summed E-state index contributed by atoms with van der Waals surface area (Å²) < 4.78 is 18.1. The van der Waals surface area contributed by atoms with Crippen LogP contribution in [0.1, 0.15) is 23.2 Å². The summed E-state index contributed by atoms with van der Waals surface area (Å²) in [4.78, 5) is 12.2. The van der Waals surface area contributed by atoms with Gasteiger partial charge in [-0.15, -0.1) is 0 Å². The van der Waals surface area contributed by atoms with Crippen LogP contribution in [-0.2, 0) is 4.79 Å². The van der Waals surface area contributed by atoms with Crippen molar-refractivity contribution < 1.29 is 18.7 Å². The maximum absolute atomic E-state index is 12.2. The quantitative estimate of drug-likeness (QED) is 0.661. The number of carbonyl (C=O) groups is 1. The van der Waals surface area contributed by atoms with E-state index >= 15 is 0 Å². The summed E-state index contributed by atoms with van der Waals surface area (Å²) in [7, 11) is 1.58. The molecule has 0 fully saturated rings. The van der Waals surface area contributed by atoms with Crippen LogP contribution in [0.3, 0.4) is 0 Å². The van der Waals surface area contributed by atoms with Gasteiger partial charge < -0.3 is 19.2 Å². The van der Waals surface area contributed by atoms with Crippen LogP contribution in [0.2, 0.25) is 0 Å². The van der Waals surface area contributed by atoms with Crippen LogP contribution in [-0.4, -0.2) is 35.9 Å². The predicted octanol–water partition coefficient (Wildman–Crippen LogP) is 2.89. The van der Waals surface area contributed by atoms with E-state index in [0.29, 0.717) is 18.0 Å². The molecule has 0 aliphatic rings. The molecule has 1 atom stereocenters. The first-order valence-electron chi connectivity index (χ1n) is 8.66. The molecule has 1 N–H and O–H groups in total. The number of benzene rings is 1. The van der Waals surface area contributed by atoms with Gasteiger partial charge in [0.15, 0.2) is 6.61 Å². The molecule has 7 nitrogen and oxygen atoms in total. The van der Waals surface area contributed by atoms with E-state index in [1.807, 2.05) is 48.9 Å². The standard InChI is InChI=1S/C20H23N3O4/c1-14-10-15(2)23(22-14)18(19-8-5-9-26-19)12-21-20(24)13-27-17-7-4-6-16(11-17)25-3/h4-11,18H,12-13H2,1-3H3,(H,21,24). The van der Waals surface area contributed by atoms with Gasteiger partial charge in [0.25, 0.3) is 5.91 Å². The third-order valence-corrected chi connectivity index (χ3v) is 4.12. The smallest absolute Gasteiger partial charge is 0.258 e. The molecule has 7 heteroatoms. The fraction of sp³-hybridized carbons (Fsp3) is 0.300. The van der Waals surface area contributed by atoms with Crippen molar-refractivity contribution in [2.75, 3.05) is 20.3 Å². The second-order valence-corrected chi connectivity index (χ2v) is 6.17. The highest BCUT2D eigenvalue weighted by Crippen LogP contribution is 2.21. The molecule has 1 unspecified atom stereocenters. The van der Waals surface area contributed by atoms with Crippen LogP contribution in [0, 0.1) is 13.8 Å². The van der Waals surface area contributed by atoms with Crippen molar-refractivity contribution in [1.82, 2.24) is 15.1 Å². The first-order valence-corrected chi connectivity index (χ1v) is 8.66. The maximum Gasteiger partial charge on any atom is 0.258 e. The molecule has 27 heavy (non-hydrogen) atoms. The normalized spacial score (nSPS) is 11.8. The molecule has 1 aromatic carbocycles. The summed E-state index contributed by atoms with van der Waals surface area (Å²) in [5, 5.41) is 7.41. The van der Waals surface area contributed by atoms with Crippen LogP contribution >= 0.6 is 0 Å². The molecule has 2 aromatic heterocycles. The average molecular weight is 369 g/mol. The lowest BCUT2D eigenvalue weighted by atomic mass is 10.2. The van der Waals surface area contributed by atoms with Gasteiger partial charge >= 0.3 is 0 Å². The van der Waals surface area contributed by atoms with E-state index in [1.54, 1.807) is 25.5 Å². The third kappa shape index (κ3) is 4.69. The summed E-state index contributed by atoms with van der Waals surface area (Å²) in [6, 6.07) is 12.6. The Labute approximate surface area is 157 Å². The number of carbonyl (C=O) groups excluding carboxylic acids is 1. The number of aryl methyl sites for hydroxylation is 2. The number of hydrogen-bond acceptors (Lipinski definition) is 5. The first kappa shape index (κ1) is 18.6. The molecule has 0 aliphatic carbocycles. The van der Waals surface area contributed by atoms with Crippen molar-refractivity contribution in [1.29, 1.82) is 0 Å². The van der Waals surface area contributed by atoms with E-state index in [2.05, 4.69) is 10.4 Å². The van der Waals surface area contributed by atoms with Crippen molar-refractivity contribution in [3.8, 4) is 11.5 Å². The molecule has 0 bridgehead atoms. The Morgan fingerprint density at radius 3 is 2.70 bits per heavy atom. The van der Waals surface area contributed by atoms with Gasteiger partial charge in [-0.05, 0) is 44.2 Å². The lowest BCUT2D eigenvalue weighted by molar-refractivity contribution is -0.123. The molecule has 3 rings (SSSR count). The van der Waals surface area contributed by atoms with Gasteiger partial charge in [-0.25, -0.2) is 0 Å². The number of aromatic nitrogens is 2. The highest BCUT2D eigenvalue weighted by atomic mass is 16.5. The topological polar surface area (TPSA) is 78.5 Å². The van der Waals surface area contributed by atoms with E-state index in [4.69, 9.17) is 13.9 Å². The van der Waals surface area contributed by atoms with E-state index in [9.17, 15) is 4.79 Å². The molecule has 0 spiro atoms. The Bertz CT molecular complexity index is 887. The predicted molar refractivity (Wildman–Crippen MR) is 100 cm³/mol. The minimum Gasteiger partial charge on any atom is -0.497 e. The van der Waals surface area contributed by atoms with Crippen molar-refractivity contribution in [2.45, 2.75) is 19.9 Å². The zero-order valence-corrected chi connectivity index (χ0v) is 15.6. The monoisotopic (exact) mass is 369 g/mol. The van der Waals surface area contributed by atoms with Gasteiger partial charge in [-0.1, -0.05) is 6.07 Å². The second kappa shape index (κ2) is 8.44. The molecule has 3 aromatic rings. The van der Waals surface area contributed by atoms with Gasteiger partial charge in [-0.3, -0.25) is 9.48 Å². The highest BCUT2D eigenvalue weighted by molar-refractivity contribution is 5.77. The summed E-state index contributed by atoms with van der Waals surface area (Å²) in [5.74, 6) is 1.76. The fourth-order valence-electron chi connectivity index (χ4n) is 2.85. The Morgan fingerprint density at radius 2 is 2.04 bits per heavy atom. The van der Waals surface area contributed by atoms with E-state index in [-0.39, 0.29) is 18.6 Å². The number of nitrogens with zero attached hydrogens (tertiary/aromatic N) is 2. The molecule has 2 heterocycles. The summed E-state index contributed by atoms with van der Waals surface area (Å²) in [6.45, 7) is 4.16. The summed E-state index contributed by atoms with van der Waals surface area (Å²) >= 11 is 0. The summed E-state index contributed by atoms with van der Waals surface area (Å²) in [6.07, 6.45) is 1.61. The number of nitrogens with one attached hydrogen (secondary N) is 1. The number of hydrogen-bond donors (Lipinski definition) is 1. The average Bonchev–Trinajstić information content (AvgIpc) is 3.30. The van der Waals surface area contributed by atoms with Crippen LogP contribution < -0.4 is 14.8 Å². The van der Waals surface area contributed by atoms with E-state index in [1.165, 1.54) is 0 Å². The zero-order valence-electron chi connectivity index (χ0n) is 15.6. The Kier molecular flexibility index (Phi) is 5.80. The van der Waals surface area contributed by atoms with Gasteiger partial charge in [0, 0.05) is 18.3 Å². The Balaban J connectivity index is 1.61. The first-order chi connectivity index (χ1) is 13.1. The van der Waals surface area contributed by atoms with Gasteiger partial charge in [0.1, 0.15) is 23.3 Å². The lowest BCUT2D eigenvalue weighted by Gasteiger charge is -2.18. The molecule has 142 valence electrons. The largest absolute Gasteiger partial charge is 0.497 e. The Morgan fingerprint density at radius 1 is 1.22 bits per heavy atom. The minimum absolute atomic E-state index is 0.0881. The number of amides is 1. The number of furan rings is 1. The van der Waals surface area contributed by atoms with Crippen molar-refractivity contribution in [3.05, 3.63) is 65.9 Å². The number of methoxy groups -OCH3 is 1. The van der Waals surface area contributed by atoms with Crippen LogP contribution in [0.5, 0.6) is 11.5 Å². The van der Waals surface area contributed by atoms with Crippen LogP contribution in [0.4, 0.5) is 0 Å². The van der Waals surface area contributed by atoms with Gasteiger partial charge in [-0.2, -0.15) is 5.10 Å². The highest BCUT2D eigenvalue weighted by Gasteiger charge is 2.20. The van der Waals surface area contributed by atoms with E-state index in [0.717, 1.165) is 17.1 Å². The minimum atomic E-state index is -0.227. The fourth-order valence-corrected chi connectivity index (χ4v) is 2.85. The molecule has 0 saturated heterocycles. The van der Waals surface area contributed by atoms with Crippen molar-refractivity contribution in [3.63, 3.8) is 0 Å². The van der Waals surface area contributed by atoms with Gasteiger partial charge in [0.2, 0.25) is 0 Å². The van der Waals surface area contributed by atoms with Crippen LogP contribution in [0.25, 0.3) is 0 Å². The van der Waals surface area contributed by atoms with Gasteiger partial charge in [0.05, 0.1) is 19.1 Å². The molecule has 1 amide bonds. The lowest BCUT2D eigenvalue weighted by Crippen LogP contribution is -2.35. The molecule has 0 radical (unpaired) electrons. The summed E-state index contributed by atoms with van der Waals surface area (Å²) in [5.41, 5.74) is 1.91. The number of rotatable bonds is 8. The molecule has 0 saturated carbocycles. The van der Waals surface area contributed by atoms with Crippen molar-refractivity contribution in [2.24, 2.45) is 0 Å². The van der Waals surface area contributed by atoms with Crippen molar-refractivity contribution >= 4 is 5.91 Å². The zero-order chi connectivity index (χ0) is 19.2. The third-order valence-electron chi connectivity index (χ3n) is 4.12. The number of ether oxygens (including phenoxy) is 2. The SMILES string of the molecule is COc1cccc(OCC(=O)NCC(c2ccco2)n2nc(C)cc2C)c1.